The van der Waals surface area contributed by atoms with Crippen molar-refractivity contribution in [3.63, 3.8) is 0 Å². The maximum absolute atomic E-state index is 12.1. The molecule has 0 radical (unpaired) electrons. The Balaban J connectivity index is 2.35. The first-order valence-electron chi connectivity index (χ1n) is 5.71. The minimum absolute atomic E-state index is 0.178. The first kappa shape index (κ1) is 12.9. The molecule has 0 bridgehead atoms. The summed E-state index contributed by atoms with van der Waals surface area (Å²) in [6.45, 7) is 1.79. The Morgan fingerprint density at radius 3 is 2.89 bits per heavy atom. The fourth-order valence-corrected chi connectivity index (χ4v) is 1.61. The van der Waals surface area contributed by atoms with Gasteiger partial charge in [0.25, 0.3) is 5.56 Å². The zero-order chi connectivity index (χ0) is 13.8. The maximum Gasteiger partial charge on any atom is 0.333 e. The zero-order valence-corrected chi connectivity index (χ0v) is 10.7. The molecule has 0 fully saturated rings. The second-order valence-corrected chi connectivity index (χ2v) is 3.97. The van der Waals surface area contributed by atoms with Crippen molar-refractivity contribution in [1.82, 2.24) is 15.0 Å². The Bertz CT molecular complexity index is 704. The molecule has 1 aromatic heterocycles. The first-order chi connectivity index (χ1) is 9.13. The van der Waals surface area contributed by atoms with E-state index >= 15 is 0 Å². The lowest BCUT2D eigenvalue weighted by Gasteiger charge is -2.02. The molecule has 1 heterocycles. The Morgan fingerprint density at radius 1 is 1.42 bits per heavy atom. The normalized spacial score (nSPS) is 11.6. The van der Waals surface area contributed by atoms with Gasteiger partial charge in [0.15, 0.2) is 0 Å². The third-order valence-corrected chi connectivity index (χ3v) is 2.71. The number of esters is 1. The summed E-state index contributed by atoms with van der Waals surface area (Å²) >= 11 is 0. The molecule has 98 valence electrons. The fourth-order valence-electron chi connectivity index (χ4n) is 1.61. The summed E-state index contributed by atoms with van der Waals surface area (Å²) in [4.78, 5) is 23.3. The molecule has 1 aromatic carbocycles. The highest BCUT2D eigenvalue weighted by Crippen LogP contribution is 2.03. The van der Waals surface area contributed by atoms with E-state index in [9.17, 15) is 9.59 Å². The van der Waals surface area contributed by atoms with Gasteiger partial charge in [-0.1, -0.05) is 23.4 Å². The number of hydrogen-bond donors (Lipinski definition) is 0. The lowest BCUT2D eigenvalue weighted by Crippen LogP contribution is -2.24. The van der Waals surface area contributed by atoms with Crippen molar-refractivity contribution in [3.8, 4) is 0 Å². The van der Waals surface area contributed by atoms with Gasteiger partial charge in [-0.3, -0.25) is 4.79 Å². The van der Waals surface area contributed by atoms with E-state index in [1.54, 1.807) is 37.3 Å². The van der Waals surface area contributed by atoms with Crippen LogP contribution >= 0.6 is 0 Å². The average molecular weight is 259 g/mol. The number of rotatable bonds is 3. The minimum atomic E-state index is -0.429. The number of nitrogens with zero attached hydrogens (tertiary/aromatic N) is 3. The Kier molecular flexibility index (Phi) is 3.70. The van der Waals surface area contributed by atoms with E-state index in [-0.39, 0.29) is 12.1 Å². The third-order valence-electron chi connectivity index (χ3n) is 2.71. The van der Waals surface area contributed by atoms with Crippen LogP contribution in [0.25, 0.3) is 10.9 Å². The summed E-state index contributed by atoms with van der Waals surface area (Å²) in [5.41, 5.74) is 0.737. The molecule has 6 heteroatoms. The topological polar surface area (TPSA) is 74.1 Å². The van der Waals surface area contributed by atoms with Crippen molar-refractivity contribution in [1.29, 1.82) is 0 Å². The molecule has 0 aliphatic heterocycles. The SMILES string of the molecule is COC(=O)C(C)=CCn1nnc2ccccc2c1=O. The summed E-state index contributed by atoms with van der Waals surface area (Å²) in [6, 6.07) is 6.98. The fraction of sp³-hybridized carbons (Fsp3) is 0.231. The van der Waals surface area contributed by atoms with Gasteiger partial charge in [0, 0.05) is 5.57 Å². The summed E-state index contributed by atoms with van der Waals surface area (Å²) in [5.74, 6) is -0.429. The van der Waals surface area contributed by atoms with Gasteiger partial charge in [0.05, 0.1) is 19.0 Å². The summed E-state index contributed by atoms with van der Waals surface area (Å²) in [5, 5.41) is 8.27. The van der Waals surface area contributed by atoms with Crippen LogP contribution in [0.3, 0.4) is 0 Å². The molecular weight excluding hydrogens is 246 g/mol. The lowest BCUT2D eigenvalue weighted by atomic mass is 10.2. The van der Waals surface area contributed by atoms with E-state index in [0.29, 0.717) is 16.5 Å². The quantitative estimate of drug-likeness (QED) is 0.605. The van der Waals surface area contributed by atoms with Gasteiger partial charge in [-0.2, -0.15) is 0 Å². The van der Waals surface area contributed by atoms with Crippen molar-refractivity contribution in [3.05, 3.63) is 46.3 Å². The molecule has 0 spiro atoms. The monoisotopic (exact) mass is 259 g/mol. The molecule has 0 N–H and O–H groups in total. The molecule has 0 saturated carbocycles. The number of hydrogen-bond acceptors (Lipinski definition) is 5. The molecule has 0 saturated heterocycles. The van der Waals surface area contributed by atoms with Crippen molar-refractivity contribution in [2.24, 2.45) is 0 Å². The third kappa shape index (κ3) is 2.67. The molecule has 0 atom stereocenters. The average Bonchev–Trinajstić information content (AvgIpc) is 2.45. The number of benzene rings is 1. The summed E-state index contributed by atoms with van der Waals surface area (Å²) in [7, 11) is 1.31. The van der Waals surface area contributed by atoms with E-state index in [0.717, 1.165) is 0 Å². The van der Waals surface area contributed by atoms with Gasteiger partial charge in [0.1, 0.15) is 5.52 Å². The summed E-state index contributed by atoms with van der Waals surface area (Å²) < 4.78 is 5.77. The van der Waals surface area contributed by atoms with Crippen LogP contribution < -0.4 is 5.56 Å². The number of carbonyl (C=O) groups excluding carboxylic acids is 1. The highest BCUT2D eigenvalue weighted by molar-refractivity contribution is 5.87. The van der Waals surface area contributed by atoms with Gasteiger partial charge < -0.3 is 4.74 Å². The Morgan fingerprint density at radius 2 is 2.16 bits per heavy atom. The van der Waals surface area contributed by atoms with Gasteiger partial charge in [-0.15, -0.1) is 5.10 Å². The second-order valence-electron chi connectivity index (χ2n) is 3.97. The molecule has 6 nitrogen and oxygen atoms in total. The van der Waals surface area contributed by atoms with E-state index in [2.05, 4.69) is 15.0 Å². The van der Waals surface area contributed by atoms with Crippen molar-refractivity contribution < 1.29 is 9.53 Å². The van der Waals surface area contributed by atoms with E-state index in [1.807, 2.05) is 0 Å². The number of aromatic nitrogens is 3. The predicted molar refractivity (Wildman–Crippen MR) is 69.6 cm³/mol. The predicted octanol–water partition coefficient (Wildman–Crippen LogP) is 0.911. The van der Waals surface area contributed by atoms with Crippen LogP contribution in [-0.2, 0) is 16.1 Å². The van der Waals surface area contributed by atoms with Crippen LogP contribution in [0.2, 0.25) is 0 Å². The molecule has 0 aliphatic rings. The van der Waals surface area contributed by atoms with Crippen LogP contribution in [0, 0.1) is 0 Å². The number of fused-ring (bicyclic) bond motifs is 1. The Hall–Kier alpha value is -2.50. The van der Waals surface area contributed by atoms with Crippen molar-refractivity contribution in [2.45, 2.75) is 13.5 Å². The number of ether oxygens (including phenoxy) is 1. The number of allylic oxidation sites excluding steroid dienone is 1. The standard InChI is InChI=1S/C13H13N3O3/c1-9(13(18)19-2)7-8-16-12(17)10-5-3-4-6-11(10)14-15-16/h3-7H,8H2,1-2H3. The van der Waals surface area contributed by atoms with Crippen LogP contribution in [0.15, 0.2) is 40.7 Å². The van der Waals surface area contributed by atoms with Gasteiger partial charge in [-0.05, 0) is 19.1 Å². The molecule has 0 unspecified atom stereocenters. The minimum Gasteiger partial charge on any atom is -0.466 e. The maximum atomic E-state index is 12.1. The highest BCUT2D eigenvalue weighted by atomic mass is 16.5. The van der Waals surface area contributed by atoms with E-state index in [1.165, 1.54) is 11.8 Å². The van der Waals surface area contributed by atoms with Crippen molar-refractivity contribution in [2.75, 3.05) is 7.11 Å². The van der Waals surface area contributed by atoms with Crippen LogP contribution in [-0.4, -0.2) is 28.1 Å². The Labute approximate surface area is 109 Å². The molecule has 2 aromatic rings. The molecule has 0 amide bonds. The van der Waals surface area contributed by atoms with Gasteiger partial charge in [-0.25, -0.2) is 9.48 Å². The van der Waals surface area contributed by atoms with Gasteiger partial charge in [0.2, 0.25) is 0 Å². The second kappa shape index (κ2) is 5.43. The van der Waals surface area contributed by atoms with Crippen LogP contribution in [0.4, 0.5) is 0 Å². The van der Waals surface area contributed by atoms with Crippen LogP contribution in [0.1, 0.15) is 6.92 Å². The van der Waals surface area contributed by atoms with Gasteiger partial charge >= 0.3 is 5.97 Å². The largest absolute Gasteiger partial charge is 0.466 e. The number of methoxy groups -OCH3 is 1. The van der Waals surface area contributed by atoms with Crippen LogP contribution in [0.5, 0.6) is 0 Å². The van der Waals surface area contributed by atoms with Crippen molar-refractivity contribution >= 4 is 16.9 Å². The lowest BCUT2D eigenvalue weighted by molar-refractivity contribution is -0.136. The molecular formula is C13H13N3O3. The smallest absolute Gasteiger partial charge is 0.333 e. The first-order valence-corrected chi connectivity index (χ1v) is 5.71. The number of carbonyl (C=O) groups is 1. The zero-order valence-electron chi connectivity index (χ0n) is 10.7. The highest BCUT2D eigenvalue weighted by Gasteiger charge is 2.05. The van der Waals surface area contributed by atoms with E-state index < -0.39 is 5.97 Å². The molecule has 2 rings (SSSR count). The molecule has 0 aliphatic carbocycles. The molecule has 19 heavy (non-hydrogen) atoms. The van der Waals surface area contributed by atoms with E-state index in [4.69, 9.17) is 0 Å². The summed E-state index contributed by atoms with van der Waals surface area (Å²) in [6.07, 6.45) is 1.58.